The number of sulfone groups is 1. The minimum absolute atomic E-state index is 0.0407. The molecular formula is C23H28F3N3O3S. The second-order valence-electron chi connectivity index (χ2n) is 9.41. The van der Waals surface area contributed by atoms with Gasteiger partial charge in [-0.25, -0.2) is 22.2 Å². The number of benzene rings is 1. The van der Waals surface area contributed by atoms with Gasteiger partial charge in [-0.2, -0.15) is 4.39 Å². The van der Waals surface area contributed by atoms with Gasteiger partial charge >= 0.3 is 0 Å². The van der Waals surface area contributed by atoms with E-state index >= 15 is 0 Å². The largest absolute Gasteiger partial charge is 0.383 e. The molecule has 10 heteroatoms. The van der Waals surface area contributed by atoms with Crippen molar-refractivity contribution >= 4 is 27.1 Å². The Morgan fingerprint density at radius 1 is 1.09 bits per heavy atom. The number of alkyl halides is 2. The van der Waals surface area contributed by atoms with Crippen LogP contribution >= 0.6 is 0 Å². The number of carbonyl (C=O) groups excluding carboxylic acids is 1. The number of rotatable bonds is 6. The molecule has 3 rings (SSSR count). The Kier molecular flexibility index (Phi) is 7.07. The maximum absolute atomic E-state index is 13.5. The average Bonchev–Trinajstić information content (AvgIpc) is 2.73. The number of pyridine rings is 1. The van der Waals surface area contributed by atoms with E-state index in [2.05, 4.69) is 15.6 Å². The number of hydrogen-bond donors (Lipinski definition) is 2. The first kappa shape index (κ1) is 25.0. The summed E-state index contributed by atoms with van der Waals surface area (Å²) in [5, 5.41) is 5.92. The van der Waals surface area contributed by atoms with Crippen LogP contribution in [0.15, 0.2) is 46.3 Å². The van der Waals surface area contributed by atoms with Crippen LogP contribution in [0.2, 0.25) is 0 Å². The first-order valence-electron chi connectivity index (χ1n) is 10.7. The van der Waals surface area contributed by atoms with Crippen molar-refractivity contribution in [2.24, 2.45) is 11.3 Å². The Balaban J connectivity index is 1.89. The number of carbonyl (C=O) groups is 1. The number of nitrogens with zero attached hydrogens (tertiary/aromatic N) is 1. The molecule has 2 aromatic rings. The van der Waals surface area contributed by atoms with Crippen molar-refractivity contribution in [3.05, 3.63) is 42.5 Å². The van der Waals surface area contributed by atoms with Gasteiger partial charge in [0, 0.05) is 37.1 Å². The van der Waals surface area contributed by atoms with Crippen molar-refractivity contribution < 1.29 is 26.4 Å². The third-order valence-electron chi connectivity index (χ3n) is 5.66. The third-order valence-corrected chi connectivity index (χ3v) is 7.41. The monoisotopic (exact) mass is 483 g/mol. The molecule has 1 aliphatic rings. The Morgan fingerprint density at radius 3 is 2.33 bits per heavy atom. The highest BCUT2D eigenvalue weighted by Crippen LogP contribution is 2.37. The molecule has 0 aliphatic heterocycles. The molecule has 33 heavy (non-hydrogen) atoms. The minimum Gasteiger partial charge on any atom is -0.383 e. The van der Waals surface area contributed by atoms with Crippen LogP contribution in [0.3, 0.4) is 0 Å². The zero-order valence-electron chi connectivity index (χ0n) is 18.8. The topological polar surface area (TPSA) is 88.2 Å². The SMILES string of the molecule is CC(C)(C)C(=O)Nc1cc(S(=O)(=O)c2ccnc(F)c2)ccc1NCC1CCC(F)(F)CC1. The number of halogens is 3. The van der Waals surface area contributed by atoms with Crippen LogP contribution in [0.5, 0.6) is 0 Å². The van der Waals surface area contributed by atoms with Crippen molar-refractivity contribution in [3.63, 3.8) is 0 Å². The molecule has 0 saturated heterocycles. The Labute approximate surface area is 191 Å². The van der Waals surface area contributed by atoms with E-state index < -0.39 is 27.1 Å². The normalized spacial score (nSPS) is 16.9. The molecule has 0 unspecified atom stereocenters. The van der Waals surface area contributed by atoms with Crippen LogP contribution in [-0.2, 0) is 14.6 Å². The lowest BCUT2D eigenvalue weighted by molar-refractivity contribution is -0.123. The van der Waals surface area contributed by atoms with Crippen LogP contribution in [0.25, 0.3) is 0 Å². The summed E-state index contributed by atoms with van der Waals surface area (Å²) >= 11 is 0. The Morgan fingerprint density at radius 2 is 1.73 bits per heavy atom. The highest BCUT2D eigenvalue weighted by Gasteiger charge is 2.34. The summed E-state index contributed by atoms with van der Waals surface area (Å²) in [6, 6.07) is 6.21. The van der Waals surface area contributed by atoms with Crippen LogP contribution in [0.4, 0.5) is 24.5 Å². The van der Waals surface area contributed by atoms with E-state index in [9.17, 15) is 26.4 Å². The maximum atomic E-state index is 13.5. The van der Waals surface area contributed by atoms with Crippen molar-refractivity contribution in [2.75, 3.05) is 17.2 Å². The van der Waals surface area contributed by atoms with E-state index in [4.69, 9.17) is 0 Å². The lowest BCUT2D eigenvalue weighted by atomic mass is 9.87. The molecule has 1 fully saturated rings. The zero-order valence-corrected chi connectivity index (χ0v) is 19.6. The summed E-state index contributed by atoms with van der Waals surface area (Å²) < 4.78 is 66.4. The number of nitrogens with one attached hydrogen (secondary N) is 2. The van der Waals surface area contributed by atoms with Crippen LogP contribution < -0.4 is 10.6 Å². The molecular weight excluding hydrogens is 455 g/mol. The summed E-state index contributed by atoms with van der Waals surface area (Å²) in [5.41, 5.74) is -0.0218. The molecule has 180 valence electrons. The summed E-state index contributed by atoms with van der Waals surface area (Å²) in [6.07, 6.45) is 1.50. The lowest BCUT2D eigenvalue weighted by Gasteiger charge is -2.29. The molecule has 2 N–H and O–H groups in total. The highest BCUT2D eigenvalue weighted by atomic mass is 32.2. The fourth-order valence-electron chi connectivity index (χ4n) is 3.50. The third kappa shape index (κ3) is 6.25. The summed E-state index contributed by atoms with van der Waals surface area (Å²) in [6.45, 7) is 5.57. The first-order valence-corrected chi connectivity index (χ1v) is 12.2. The molecule has 1 saturated carbocycles. The number of aromatic nitrogens is 1. The van der Waals surface area contributed by atoms with Gasteiger partial charge in [0.15, 0.2) is 0 Å². The van der Waals surface area contributed by atoms with E-state index in [1.54, 1.807) is 20.8 Å². The molecule has 0 radical (unpaired) electrons. The molecule has 0 spiro atoms. The zero-order chi connectivity index (χ0) is 24.4. The van der Waals surface area contributed by atoms with E-state index in [1.807, 2.05) is 0 Å². The highest BCUT2D eigenvalue weighted by molar-refractivity contribution is 7.91. The molecule has 1 aromatic carbocycles. The van der Waals surface area contributed by atoms with Gasteiger partial charge in [-0.05, 0) is 43.0 Å². The maximum Gasteiger partial charge on any atom is 0.248 e. The predicted molar refractivity (Wildman–Crippen MR) is 120 cm³/mol. The van der Waals surface area contributed by atoms with Gasteiger partial charge in [0.05, 0.1) is 21.2 Å². The number of hydrogen-bond acceptors (Lipinski definition) is 5. The second kappa shape index (κ2) is 9.32. The van der Waals surface area contributed by atoms with E-state index in [-0.39, 0.29) is 40.1 Å². The summed E-state index contributed by atoms with van der Waals surface area (Å²) in [7, 11) is -4.06. The molecule has 1 aromatic heterocycles. The van der Waals surface area contributed by atoms with Crippen LogP contribution in [0.1, 0.15) is 46.5 Å². The van der Waals surface area contributed by atoms with Gasteiger partial charge in [0.1, 0.15) is 0 Å². The van der Waals surface area contributed by atoms with Gasteiger partial charge in [0.25, 0.3) is 0 Å². The van der Waals surface area contributed by atoms with E-state index in [1.165, 1.54) is 24.3 Å². The van der Waals surface area contributed by atoms with Gasteiger partial charge in [-0.3, -0.25) is 4.79 Å². The smallest absolute Gasteiger partial charge is 0.248 e. The van der Waals surface area contributed by atoms with Gasteiger partial charge in [-0.15, -0.1) is 0 Å². The Bertz CT molecular complexity index is 1120. The molecule has 1 aliphatic carbocycles. The van der Waals surface area contributed by atoms with Crippen molar-refractivity contribution in [1.29, 1.82) is 0 Å². The van der Waals surface area contributed by atoms with Crippen LogP contribution in [-0.4, -0.2) is 31.8 Å². The Hall–Kier alpha value is -2.62. The standard InChI is InChI=1S/C23H28F3N3O3S/c1-22(2,3)21(30)29-19-12-16(33(31,32)17-8-11-27-20(24)13-17)4-5-18(19)28-14-15-6-9-23(25,26)10-7-15/h4-5,8,11-13,15,28H,6-7,9-10,14H2,1-3H3,(H,29,30). The van der Waals surface area contributed by atoms with Crippen LogP contribution in [0, 0.1) is 17.3 Å². The lowest BCUT2D eigenvalue weighted by Crippen LogP contribution is -2.29. The van der Waals surface area contributed by atoms with Crippen molar-refractivity contribution in [2.45, 2.75) is 62.2 Å². The predicted octanol–water partition coefficient (Wildman–Crippen LogP) is 5.28. The minimum atomic E-state index is -4.06. The number of anilines is 2. The first-order chi connectivity index (χ1) is 15.3. The quantitative estimate of drug-likeness (QED) is 0.546. The fraction of sp³-hybridized carbons (Fsp3) is 0.478. The van der Waals surface area contributed by atoms with Crippen molar-refractivity contribution in [1.82, 2.24) is 4.98 Å². The van der Waals surface area contributed by atoms with Gasteiger partial charge < -0.3 is 10.6 Å². The second-order valence-corrected chi connectivity index (χ2v) is 11.4. The molecule has 1 heterocycles. The average molecular weight is 484 g/mol. The molecule has 1 amide bonds. The van der Waals surface area contributed by atoms with Crippen molar-refractivity contribution in [3.8, 4) is 0 Å². The number of amides is 1. The molecule has 0 bridgehead atoms. The molecule has 6 nitrogen and oxygen atoms in total. The fourth-order valence-corrected chi connectivity index (χ4v) is 4.79. The van der Waals surface area contributed by atoms with E-state index in [0.717, 1.165) is 12.3 Å². The summed E-state index contributed by atoms with van der Waals surface area (Å²) in [5.74, 6) is -3.83. The molecule has 0 atom stereocenters. The summed E-state index contributed by atoms with van der Waals surface area (Å²) in [4.78, 5) is 15.6. The van der Waals surface area contributed by atoms with Gasteiger partial charge in [0.2, 0.25) is 27.6 Å². The van der Waals surface area contributed by atoms with Gasteiger partial charge in [-0.1, -0.05) is 20.8 Å². The van der Waals surface area contributed by atoms with E-state index in [0.29, 0.717) is 25.1 Å².